The molecule has 130 valence electrons. The normalized spacial score (nSPS) is 10.8. The number of carbonyl (C=O) groups excluding carboxylic acids is 1. The highest BCUT2D eigenvalue weighted by atomic mass is 32.1. The van der Waals surface area contributed by atoms with Crippen LogP contribution in [-0.4, -0.2) is 22.5 Å². The van der Waals surface area contributed by atoms with Gasteiger partial charge in [0.05, 0.1) is 10.2 Å². The number of rotatable bonds is 4. The summed E-state index contributed by atoms with van der Waals surface area (Å²) >= 11 is 3.15. The summed E-state index contributed by atoms with van der Waals surface area (Å²) in [7, 11) is 0. The standard InChI is InChI=1S/C19H16N4OS2/c1-2-21-18(24)23-19-22-16-9-14(12-4-3-6-20-10-12)8-15(17(16)26-19)13-5-7-25-11-13/h3-11H,2H2,1H3,(H2,21,22,23,24). The van der Waals surface area contributed by atoms with Crippen molar-refractivity contribution in [1.29, 1.82) is 0 Å². The summed E-state index contributed by atoms with van der Waals surface area (Å²) in [5, 5.41) is 10.3. The fraction of sp³-hybridized carbons (Fsp3) is 0.105. The Labute approximate surface area is 158 Å². The molecule has 2 amide bonds. The summed E-state index contributed by atoms with van der Waals surface area (Å²) < 4.78 is 1.06. The molecule has 0 aliphatic heterocycles. The highest BCUT2D eigenvalue weighted by Gasteiger charge is 2.14. The number of anilines is 1. The lowest BCUT2D eigenvalue weighted by Gasteiger charge is -2.06. The lowest BCUT2D eigenvalue weighted by atomic mass is 10.0. The zero-order chi connectivity index (χ0) is 17.9. The average Bonchev–Trinajstić information content (AvgIpc) is 3.31. The molecular formula is C19H16N4OS2. The molecule has 0 atom stereocenters. The SMILES string of the molecule is CCNC(=O)Nc1nc2cc(-c3cccnc3)cc(-c3ccsc3)c2s1. The molecule has 0 saturated carbocycles. The van der Waals surface area contributed by atoms with E-state index in [-0.39, 0.29) is 6.03 Å². The Hall–Kier alpha value is -2.77. The van der Waals surface area contributed by atoms with Gasteiger partial charge in [-0.3, -0.25) is 10.3 Å². The number of fused-ring (bicyclic) bond motifs is 1. The first-order valence-electron chi connectivity index (χ1n) is 8.17. The molecule has 0 radical (unpaired) electrons. The third kappa shape index (κ3) is 3.31. The topological polar surface area (TPSA) is 66.9 Å². The molecule has 1 aromatic carbocycles. The van der Waals surface area contributed by atoms with E-state index in [1.165, 1.54) is 11.3 Å². The van der Waals surface area contributed by atoms with Gasteiger partial charge in [0, 0.05) is 30.1 Å². The number of amides is 2. The molecule has 0 aliphatic carbocycles. The molecule has 4 aromatic rings. The van der Waals surface area contributed by atoms with E-state index < -0.39 is 0 Å². The molecule has 26 heavy (non-hydrogen) atoms. The number of thiophene rings is 1. The zero-order valence-electron chi connectivity index (χ0n) is 14.0. The average molecular weight is 380 g/mol. The highest BCUT2D eigenvalue weighted by molar-refractivity contribution is 7.23. The van der Waals surface area contributed by atoms with E-state index in [1.54, 1.807) is 17.5 Å². The maximum absolute atomic E-state index is 11.8. The van der Waals surface area contributed by atoms with Gasteiger partial charge in [0.2, 0.25) is 0 Å². The van der Waals surface area contributed by atoms with Crippen molar-refractivity contribution in [3.8, 4) is 22.3 Å². The molecule has 0 bridgehead atoms. The van der Waals surface area contributed by atoms with Gasteiger partial charge in [0.1, 0.15) is 0 Å². The Kier molecular flexibility index (Phi) is 4.64. The van der Waals surface area contributed by atoms with Gasteiger partial charge < -0.3 is 5.32 Å². The Morgan fingerprint density at radius 2 is 2.12 bits per heavy atom. The molecule has 2 N–H and O–H groups in total. The van der Waals surface area contributed by atoms with Crippen LogP contribution in [0.1, 0.15) is 6.92 Å². The summed E-state index contributed by atoms with van der Waals surface area (Å²) in [6.07, 6.45) is 3.61. The van der Waals surface area contributed by atoms with Crippen molar-refractivity contribution in [2.75, 3.05) is 11.9 Å². The number of hydrogen-bond donors (Lipinski definition) is 2. The number of pyridine rings is 1. The molecule has 0 saturated heterocycles. The van der Waals surface area contributed by atoms with Crippen LogP contribution in [0.3, 0.4) is 0 Å². The third-order valence-electron chi connectivity index (χ3n) is 3.87. The van der Waals surface area contributed by atoms with E-state index in [9.17, 15) is 4.79 Å². The van der Waals surface area contributed by atoms with Gasteiger partial charge in [0.15, 0.2) is 5.13 Å². The quantitative estimate of drug-likeness (QED) is 0.509. The lowest BCUT2D eigenvalue weighted by Crippen LogP contribution is -2.28. The Balaban J connectivity index is 1.85. The van der Waals surface area contributed by atoms with Crippen molar-refractivity contribution in [3.05, 3.63) is 53.5 Å². The van der Waals surface area contributed by atoms with E-state index in [4.69, 9.17) is 0 Å². The van der Waals surface area contributed by atoms with Crippen LogP contribution in [0.4, 0.5) is 9.93 Å². The van der Waals surface area contributed by atoms with Gasteiger partial charge in [-0.2, -0.15) is 11.3 Å². The van der Waals surface area contributed by atoms with Crippen molar-refractivity contribution in [2.45, 2.75) is 6.92 Å². The fourth-order valence-corrected chi connectivity index (χ4v) is 4.35. The van der Waals surface area contributed by atoms with Crippen LogP contribution in [-0.2, 0) is 0 Å². The minimum Gasteiger partial charge on any atom is -0.338 e. The smallest absolute Gasteiger partial charge is 0.321 e. The van der Waals surface area contributed by atoms with Crippen molar-refractivity contribution in [2.24, 2.45) is 0 Å². The van der Waals surface area contributed by atoms with Gasteiger partial charge in [-0.05, 0) is 53.1 Å². The molecule has 4 rings (SSSR count). The molecule has 0 unspecified atom stereocenters. The first-order valence-corrected chi connectivity index (χ1v) is 9.93. The van der Waals surface area contributed by atoms with Crippen molar-refractivity contribution in [3.63, 3.8) is 0 Å². The second-order valence-electron chi connectivity index (χ2n) is 5.63. The van der Waals surface area contributed by atoms with Gasteiger partial charge in [-0.25, -0.2) is 9.78 Å². The second kappa shape index (κ2) is 7.23. The fourth-order valence-electron chi connectivity index (χ4n) is 2.72. The van der Waals surface area contributed by atoms with Gasteiger partial charge >= 0.3 is 6.03 Å². The third-order valence-corrected chi connectivity index (χ3v) is 5.58. The molecule has 7 heteroatoms. The molecule has 3 aromatic heterocycles. The second-order valence-corrected chi connectivity index (χ2v) is 7.41. The summed E-state index contributed by atoms with van der Waals surface area (Å²) in [6.45, 7) is 2.45. The van der Waals surface area contributed by atoms with Crippen LogP contribution < -0.4 is 10.6 Å². The predicted molar refractivity (Wildman–Crippen MR) is 109 cm³/mol. The van der Waals surface area contributed by atoms with E-state index >= 15 is 0 Å². The van der Waals surface area contributed by atoms with Crippen molar-refractivity contribution < 1.29 is 4.79 Å². The van der Waals surface area contributed by atoms with Crippen molar-refractivity contribution in [1.82, 2.24) is 15.3 Å². The van der Waals surface area contributed by atoms with E-state index in [2.05, 4.69) is 43.5 Å². The molecule has 5 nitrogen and oxygen atoms in total. The summed E-state index contributed by atoms with van der Waals surface area (Å²) in [6, 6.07) is 10.0. The summed E-state index contributed by atoms with van der Waals surface area (Å²) in [5.74, 6) is 0. The van der Waals surface area contributed by atoms with Crippen molar-refractivity contribution >= 4 is 44.1 Å². The van der Waals surface area contributed by atoms with Crippen LogP contribution in [0.25, 0.3) is 32.5 Å². The van der Waals surface area contributed by atoms with Gasteiger partial charge in [-0.1, -0.05) is 17.4 Å². The minimum atomic E-state index is -0.240. The van der Waals surface area contributed by atoms with Gasteiger partial charge in [0.25, 0.3) is 0 Å². The number of urea groups is 1. The number of benzene rings is 1. The van der Waals surface area contributed by atoms with Crippen LogP contribution in [0.5, 0.6) is 0 Å². The maximum Gasteiger partial charge on any atom is 0.321 e. The number of hydrogen-bond acceptors (Lipinski definition) is 5. The molecule has 0 aliphatic rings. The largest absolute Gasteiger partial charge is 0.338 e. The lowest BCUT2D eigenvalue weighted by molar-refractivity contribution is 0.252. The number of nitrogens with one attached hydrogen (secondary N) is 2. The Morgan fingerprint density at radius 3 is 2.85 bits per heavy atom. The molecule has 3 heterocycles. The monoisotopic (exact) mass is 380 g/mol. The van der Waals surface area contributed by atoms with Gasteiger partial charge in [-0.15, -0.1) is 0 Å². The van der Waals surface area contributed by atoms with E-state index in [0.29, 0.717) is 11.7 Å². The number of aromatic nitrogens is 2. The number of thiazole rings is 1. The molecule has 0 fully saturated rings. The van der Waals surface area contributed by atoms with Crippen LogP contribution >= 0.6 is 22.7 Å². The van der Waals surface area contributed by atoms with E-state index in [1.807, 2.05) is 31.3 Å². The first kappa shape index (κ1) is 16.7. The van der Waals surface area contributed by atoms with Crippen LogP contribution in [0.2, 0.25) is 0 Å². The minimum absolute atomic E-state index is 0.240. The first-order chi connectivity index (χ1) is 12.7. The van der Waals surface area contributed by atoms with Crippen LogP contribution in [0, 0.1) is 0 Å². The number of nitrogens with zero attached hydrogens (tertiary/aromatic N) is 2. The summed E-state index contributed by atoms with van der Waals surface area (Å²) in [5.41, 5.74) is 5.23. The van der Waals surface area contributed by atoms with E-state index in [0.717, 1.165) is 32.5 Å². The van der Waals surface area contributed by atoms with Crippen LogP contribution in [0.15, 0.2) is 53.5 Å². The summed E-state index contributed by atoms with van der Waals surface area (Å²) in [4.78, 5) is 20.7. The predicted octanol–water partition coefficient (Wildman–Crippen LogP) is 5.23. The zero-order valence-corrected chi connectivity index (χ0v) is 15.7. The molecular weight excluding hydrogens is 364 g/mol. The Morgan fingerprint density at radius 1 is 1.19 bits per heavy atom. The highest BCUT2D eigenvalue weighted by Crippen LogP contribution is 2.39. The molecule has 0 spiro atoms. The maximum atomic E-state index is 11.8. The Bertz CT molecular complexity index is 1040. The number of carbonyl (C=O) groups is 1.